The van der Waals surface area contributed by atoms with Gasteiger partial charge in [0.15, 0.2) is 5.82 Å². The highest BCUT2D eigenvalue weighted by Crippen LogP contribution is 2.20. The summed E-state index contributed by atoms with van der Waals surface area (Å²) in [5.74, 6) is 1.12. The molecule has 5 nitrogen and oxygen atoms in total. The van der Waals surface area contributed by atoms with Crippen molar-refractivity contribution < 1.29 is 4.79 Å². The molecule has 2 aromatic rings. The number of hydrogen-bond donors (Lipinski definition) is 2. The van der Waals surface area contributed by atoms with Crippen molar-refractivity contribution in [2.45, 2.75) is 45.4 Å². The lowest BCUT2D eigenvalue weighted by atomic mass is 9.97. The fourth-order valence-corrected chi connectivity index (χ4v) is 3.05. The molecule has 1 aliphatic carbocycles. The number of rotatable bonds is 7. The summed E-state index contributed by atoms with van der Waals surface area (Å²) in [6, 6.07) is 11.6. The van der Waals surface area contributed by atoms with Gasteiger partial charge in [0.2, 0.25) is 5.91 Å². The van der Waals surface area contributed by atoms with Gasteiger partial charge in [0, 0.05) is 6.54 Å². The zero-order valence-corrected chi connectivity index (χ0v) is 15.3. The maximum absolute atomic E-state index is 12.1. The normalized spacial score (nSPS) is 13.8. The molecule has 136 valence electrons. The summed E-state index contributed by atoms with van der Waals surface area (Å²) in [4.78, 5) is 12.1. The fourth-order valence-electron chi connectivity index (χ4n) is 3.05. The van der Waals surface area contributed by atoms with Crippen LogP contribution < -0.4 is 10.6 Å². The van der Waals surface area contributed by atoms with E-state index < -0.39 is 0 Å². The molecule has 1 amide bonds. The lowest BCUT2D eigenvalue weighted by Gasteiger charge is -2.13. The van der Waals surface area contributed by atoms with Crippen LogP contribution in [-0.2, 0) is 11.2 Å². The Balaban J connectivity index is 1.44. The molecule has 0 atom stereocenters. The first-order valence-corrected chi connectivity index (χ1v) is 9.30. The van der Waals surface area contributed by atoms with Gasteiger partial charge in [-0.25, -0.2) is 0 Å². The molecule has 0 fully saturated rings. The van der Waals surface area contributed by atoms with Crippen LogP contribution in [0.5, 0.6) is 0 Å². The number of benzene rings is 1. The molecule has 3 rings (SSSR count). The molecule has 1 aromatic carbocycles. The van der Waals surface area contributed by atoms with Gasteiger partial charge in [0.25, 0.3) is 0 Å². The molecule has 1 heterocycles. The molecule has 0 bridgehead atoms. The van der Waals surface area contributed by atoms with Crippen molar-refractivity contribution in [1.29, 1.82) is 0 Å². The smallest absolute Gasteiger partial charge is 0.229 e. The maximum atomic E-state index is 12.1. The van der Waals surface area contributed by atoms with E-state index in [1.807, 2.05) is 37.3 Å². The van der Waals surface area contributed by atoms with E-state index in [4.69, 9.17) is 0 Å². The molecule has 0 saturated heterocycles. The Labute approximate surface area is 154 Å². The number of carbonyl (C=O) groups excluding carboxylic acids is 1. The van der Waals surface area contributed by atoms with Gasteiger partial charge in [-0.1, -0.05) is 41.5 Å². The third-order valence-electron chi connectivity index (χ3n) is 4.55. The first-order valence-electron chi connectivity index (χ1n) is 9.30. The molecule has 0 radical (unpaired) electrons. The number of aryl methyl sites for hydroxylation is 1. The van der Waals surface area contributed by atoms with Gasteiger partial charge in [-0.15, -0.1) is 10.2 Å². The van der Waals surface area contributed by atoms with Crippen LogP contribution in [0.4, 0.5) is 11.6 Å². The predicted octanol–water partition coefficient (Wildman–Crippen LogP) is 4.27. The summed E-state index contributed by atoms with van der Waals surface area (Å²) in [6.45, 7) is 2.89. The van der Waals surface area contributed by atoms with E-state index in [2.05, 4.69) is 26.9 Å². The molecule has 1 aliphatic rings. The molecule has 1 aromatic heterocycles. The third kappa shape index (κ3) is 5.69. The largest absolute Gasteiger partial charge is 0.368 e. The van der Waals surface area contributed by atoms with Crippen LogP contribution in [0.25, 0.3) is 0 Å². The minimum absolute atomic E-state index is 0.0897. The summed E-state index contributed by atoms with van der Waals surface area (Å²) in [5.41, 5.74) is 3.70. The van der Waals surface area contributed by atoms with Crippen molar-refractivity contribution >= 4 is 17.5 Å². The summed E-state index contributed by atoms with van der Waals surface area (Å²) in [7, 11) is 0. The fraction of sp³-hybridized carbons (Fsp3) is 0.381. The van der Waals surface area contributed by atoms with Crippen LogP contribution in [0.3, 0.4) is 0 Å². The maximum Gasteiger partial charge on any atom is 0.229 e. The molecule has 2 N–H and O–H groups in total. The van der Waals surface area contributed by atoms with Gasteiger partial charge in [0.1, 0.15) is 5.82 Å². The average molecular weight is 350 g/mol. The number of nitrogens with zero attached hydrogens (tertiary/aromatic N) is 2. The lowest BCUT2D eigenvalue weighted by Crippen LogP contribution is -2.16. The Morgan fingerprint density at radius 2 is 1.81 bits per heavy atom. The Morgan fingerprint density at radius 1 is 1.04 bits per heavy atom. The van der Waals surface area contributed by atoms with E-state index in [0.29, 0.717) is 12.2 Å². The minimum atomic E-state index is -0.0897. The standard InChI is InChI=1S/C21H26N4O/c1-16-7-9-18(10-8-16)15-21(26)23-20-12-11-19(24-25-20)22-14-13-17-5-3-2-4-6-17/h5,7-12H,2-4,6,13-15H2,1H3,(H,22,24)(H,23,25,26). The van der Waals surface area contributed by atoms with Crippen LogP contribution in [0, 0.1) is 6.92 Å². The van der Waals surface area contributed by atoms with Crippen LogP contribution in [0.2, 0.25) is 0 Å². The van der Waals surface area contributed by atoms with Crippen molar-refractivity contribution in [3.63, 3.8) is 0 Å². The first-order chi connectivity index (χ1) is 12.7. The SMILES string of the molecule is Cc1ccc(CC(=O)Nc2ccc(NCCC3=CCCCC3)nn2)cc1. The topological polar surface area (TPSA) is 66.9 Å². The van der Waals surface area contributed by atoms with Gasteiger partial charge in [0.05, 0.1) is 6.42 Å². The number of anilines is 2. The quantitative estimate of drug-likeness (QED) is 0.732. The highest BCUT2D eigenvalue weighted by Gasteiger charge is 2.06. The van der Waals surface area contributed by atoms with Gasteiger partial charge < -0.3 is 10.6 Å². The second kappa shape index (κ2) is 9.13. The van der Waals surface area contributed by atoms with Crippen molar-refractivity contribution in [1.82, 2.24) is 10.2 Å². The number of carbonyl (C=O) groups is 1. The number of allylic oxidation sites excluding steroid dienone is 1. The summed E-state index contributed by atoms with van der Waals surface area (Å²) < 4.78 is 0. The van der Waals surface area contributed by atoms with Crippen molar-refractivity contribution in [2.75, 3.05) is 17.2 Å². The van der Waals surface area contributed by atoms with Crippen LogP contribution in [0.15, 0.2) is 48.0 Å². The van der Waals surface area contributed by atoms with E-state index in [-0.39, 0.29) is 5.91 Å². The third-order valence-corrected chi connectivity index (χ3v) is 4.55. The number of hydrogen-bond acceptors (Lipinski definition) is 4. The Kier molecular flexibility index (Phi) is 6.36. The predicted molar refractivity (Wildman–Crippen MR) is 105 cm³/mol. The Bertz CT molecular complexity index is 751. The van der Waals surface area contributed by atoms with Crippen LogP contribution >= 0.6 is 0 Å². The number of nitrogens with one attached hydrogen (secondary N) is 2. The zero-order chi connectivity index (χ0) is 18.2. The zero-order valence-electron chi connectivity index (χ0n) is 15.3. The minimum Gasteiger partial charge on any atom is -0.368 e. The summed E-state index contributed by atoms with van der Waals surface area (Å²) in [5, 5.41) is 14.3. The number of amides is 1. The Morgan fingerprint density at radius 3 is 2.50 bits per heavy atom. The van der Waals surface area contributed by atoms with Crippen molar-refractivity contribution in [3.05, 3.63) is 59.2 Å². The van der Waals surface area contributed by atoms with E-state index in [1.165, 1.54) is 36.8 Å². The van der Waals surface area contributed by atoms with Gasteiger partial charge in [-0.2, -0.15) is 0 Å². The first kappa shape index (κ1) is 18.1. The van der Waals surface area contributed by atoms with E-state index in [9.17, 15) is 4.79 Å². The van der Waals surface area contributed by atoms with Crippen molar-refractivity contribution in [2.24, 2.45) is 0 Å². The molecule has 0 aliphatic heterocycles. The number of aromatic nitrogens is 2. The van der Waals surface area contributed by atoms with Crippen LogP contribution in [-0.4, -0.2) is 22.6 Å². The summed E-state index contributed by atoms with van der Waals surface area (Å²) >= 11 is 0. The highest BCUT2D eigenvalue weighted by atomic mass is 16.1. The molecule has 0 unspecified atom stereocenters. The monoisotopic (exact) mass is 350 g/mol. The molecule has 0 spiro atoms. The molecular weight excluding hydrogens is 324 g/mol. The molecule has 0 saturated carbocycles. The molecule has 5 heteroatoms. The van der Waals surface area contributed by atoms with E-state index in [1.54, 1.807) is 6.07 Å². The van der Waals surface area contributed by atoms with Crippen LogP contribution in [0.1, 0.15) is 43.2 Å². The second-order valence-corrected chi connectivity index (χ2v) is 6.80. The van der Waals surface area contributed by atoms with Gasteiger partial charge in [-0.05, 0) is 56.7 Å². The van der Waals surface area contributed by atoms with Gasteiger partial charge >= 0.3 is 0 Å². The summed E-state index contributed by atoms with van der Waals surface area (Å²) in [6.07, 6.45) is 8.81. The second-order valence-electron chi connectivity index (χ2n) is 6.80. The van der Waals surface area contributed by atoms with E-state index >= 15 is 0 Å². The van der Waals surface area contributed by atoms with Gasteiger partial charge in [-0.3, -0.25) is 4.79 Å². The Hall–Kier alpha value is -2.69. The molecular formula is C21H26N4O. The van der Waals surface area contributed by atoms with Crippen molar-refractivity contribution in [3.8, 4) is 0 Å². The van der Waals surface area contributed by atoms with E-state index in [0.717, 1.165) is 24.3 Å². The molecule has 26 heavy (non-hydrogen) atoms. The average Bonchev–Trinajstić information content (AvgIpc) is 2.66. The highest BCUT2D eigenvalue weighted by molar-refractivity contribution is 5.91. The lowest BCUT2D eigenvalue weighted by molar-refractivity contribution is -0.115.